The van der Waals surface area contributed by atoms with Crippen LogP contribution in [0.2, 0.25) is 0 Å². The summed E-state index contributed by atoms with van der Waals surface area (Å²) in [5.74, 6) is -1.68. The second-order valence-corrected chi connectivity index (χ2v) is 5.66. The fraction of sp³-hybridized carbons (Fsp3) is 0.118. The lowest BCUT2D eigenvalue weighted by molar-refractivity contribution is -0.115. The van der Waals surface area contributed by atoms with Gasteiger partial charge in [0.25, 0.3) is 0 Å². The summed E-state index contributed by atoms with van der Waals surface area (Å²) in [6.45, 7) is 0.233. The summed E-state index contributed by atoms with van der Waals surface area (Å²) in [7, 11) is 0. The molecule has 0 saturated carbocycles. The highest BCUT2D eigenvalue weighted by atomic mass is 16.4. The van der Waals surface area contributed by atoms with Gasteiger partial charge < -0.3 is 14.8 Å². The molecule has 0 radical (unpaired) electrons. The molecule has 2 heterocycles. The Morgan fingerprint density at radius 2 is 2.04 bits per heavy atom. The number of aromatic carboxylic acids is 1. The monoisotopic (exact) mass is 324 g/mol. The van der Waals surface area contributed by atoms with Gasteiger partial charge >= 0.3 is 11.7 Å². The molecule has 24 heavy (non-hydrogen) atoms. The number of amides is 1. The van der Waals surface area contributed by atoms with Crippen molar-refractivity contribution in [2.75, 3.05) is 5.32 Å². The zero-order valence-electron chi connectivity index (χ0n) is 12.4. The smallest absolute Gasteiger partial charge is 0.420 e. The number of carboxylic acids is 1. The lowest BCUT2D eigenvalue weighted by atomic mass is 10.1. The molecule has 0 fully saturated rings. The lowest BCUT2D eigenvalue weighted by Gasteiger charge is -2.05. The van der Waals surface area contributed by atoms with Crippen LogP contribution in [0.15, 0.2) is 45.6 Å². The Bertz CT molecular complexity index is 1060. The number of fused-ring (bicyclic) bond motifs is 2. The van der Waals surface area contributed by atoms with Crippen molar-refractivity contribution in [1.82, 2.24) is 4.57 Å². The van der Waals surface area contributed by atoms with Gasteiger partial charge in [-0.25, -0.2) is 9.59 Å². The summed E-state index contributed by atoms with van der Waals surface area (Å²) >= 11 is 0. The van der Waals surface area contributed by atoms with Gasteiger partial charge in [0.1, 0.15) is 0 Å². The largest absolute Gasteiger partial charge is 0.478 e. The highest BCUT2D eigenvalue weighted by molar-refractivity contribution is 5.99. The van der Waals surface area contributed by atoms with Crippen LogP contribution in [0.5, 0.6) is 0 Å². The number of benzene rings is 2. The van der Waals surface area contributed by atoms with Crippen molar-refractivity contribution in [3.8, 4) is 0 Å². The molecular formula is C17H12N2O5. The number of carbonyl (C=O) groups is 2. The van der Waals surface area contributed by atoms with E-state index in [4.69, 9.17) is 9.52 Å². The van der Waals surface area contributed by atoms with Crippen LogP contribution in [-0.4, -0.2) is 21.6 Å². The normalized spacial score (nSPS) is 13.1. The first-order valence-corrected chi connectivity index (χ1v) is 7.29. The topological polar surface area (TPSA) is 102 Å². The molecule has 0 aliphatic carbocycles. The molecular weight excluding hydrogens is 312 g/mol. The Hall–Kier alpha value is -3.35. The molecule has 0 unspecified atom stereocenters. The van der Waals surface area contributed by atoms with Crippen molar-refractivity contribution in [1.29, 1.82) is 0 Å². The Labute approximate surface area is 135 Å². The molecule has 2 aromatic carbocycles. The number of hydrogen-bond acceptors (Lipinski definition) is 4. The molecule has 0 bridgehead atoms. The van der Waals surface area contributed by atoms with E-state index < -0.39 is 11.7 Å². The first kappa shape index (κ1) is 14.3. The van der Waals surface area contributed by atoms with Crippen LogP contribution < -0.4 is 11.1 Å². The van der Waals surface area contributed by atoms with Gasteiger partial charge in [0, 0.05) is 5.69 Å². The first-order valence-electron chi connectivity index (χ1n) is 7.29. The van der Waals surface area contributed by atoms with E-state index in [1.54, 1.807) is 6.07 Å². The molecule has 1 aliphatic heterocycles. The maximum atomic E-state index is 12.1. The number of hydrogen-bond donors (Lipinski definition) is 2. The number of carbonyl (C=O) groups excluding carboxylic acids is 1. The molecule has 7 heteroatoms. The summed E-state index contributed by atoms with van der Waals surface area (Å²) in [4.78, 5) is 34.6. The summed E-state index contributed by atoms with van der Waals surface area (Å²) < 4.78 is 6.55. The standard InChI is InChI=1S/C17H12N2O5/c20-15-7-11-5-9(1-3-12(11)18-15)8-19-13-6-10(16(21)22)2-4-14(13)24-17(19)23/h1-6H,7-8H2,(H,18,20)(H,21,22). The SMILES string of the molecule is O=C1Cc2cc(Cn3c(=O)oc4ccc(C(=O)O)cc43)ccc2N1. The van der Waals surface area contributed by atoms with Gasteiger partial charge in [0.15, 0.2) is 5.58 Å². The molecule has 1 amide bonds. The van der Waals surface area contributed by atoms with Crippen molar-refractivity contribution in [2.24, 2.45) is 0 Å². The van der Waals surface area contributed by atoms with Gasteiger partial charge in [0.2, 0.25) is 5.91 Å². The van der Waals surface area contributed by atoms with E-state index in [-0.39, 0.29) is 18.0 Å². The summed E-state index contributed by atoms with van der Waals surface area (Å²) in [5.41, 5.74) is 3.33. The van der Waals surface area contributed by atoms with Crippen molar-refractivity contribution in [3.63, 3.8) is 0 Å². The quantitative estimate of drug-likeness (QED) is 0.765. The minimum Gasteiger partial charge on any atom is -0.478 e. The molecule has 1 aromatic heterocycles. The van der Waals surface area contributed by atoms with Crippen LogP contribution >= 0.6 is 0 Å². The number of oxazole rings is 1. The van der Waals surface area contributed by atoms with E-state index in [1.165, 1.54) is 22.8 Å². The Kier molecular flexibility index (Phi) is 3.02. The average molecular weight is 324 g/mol. The minimum atomic E-state index is -1.07. The van der Waals surface area contributed by atoms with Gasteiger partial charge in [-0.1, -0.05) is 12.1 Å². The molecule has 1 aliphatic rings. The number of nitrogens with zero attached hydrogens (tertiary/aromatic N) is 1. The third-order valence-electron chi connectivity index (χ3n) is 4.05. The van der Waals surface area contributed by atoms with Crippen molar-refractivity contribution in [3.05, 3.63) is 63.6 Å². The van der Waals surface area contributed by atoms with Gasteiger partial charge in [0.05, 0.1) is 24.0 Å². The van der Waals surface area contributed by atoms with Crippen molar-refractivity contribution in [2.45, 2.75) is 13.0 Å². The number of aromatic nitrogens is 1. The van der Waals surface area contributed by atoms with Gasteiger partial charge in [-0.3, -0.25) is 9.36 Å². The molecule has 3 aromatic rings. The Balaban J connectivity index is 1.77. The Morgan fingerprint density at radius 1 is 1.21 bits per heavy atom. The van der Waals surface area contributed by atoms with Crippen LogP contribution in [0, 0.1) is 0 Å². The van der Waals surface area contributed by atoms with Crippen LogP contribution in [0.3, 0.4) is 0 Å². The van der Waals surface area contributed by atoms with Crippen LogP contribution in [0.1, 0.15) is 21.5 Å². The van der Waals surface area contributed by atoms with Crippen molar-refractivity contribution >= 4 is 28.7 Å². The summed E-state index contributed by atoms with van der Waals surface area (Å²) in [6, 6.07) is 9.76. The number of carboxylic acid groups (broad SMARTS) is 1. The van der Waals surface area contributed by atoms with Crippen molar-refractivity contribution < 1.29 is 19.1 Å². The maximum Gasteiger partial charge on any atom is 0.420 e. The van der Waals surface area contributed by atoms with Crippen LogP contribution in [0.25, 0.3) is 11.1 Å². The maximum absolute atomic E-state index is 12.1. The Morgan fingerprint density at radius 3 is 2.83 bits per heavy atom. The van der Waals surface area contributed by atoms with E-state index in [9.17, 15) is 14.4 Å². The highest BCUT2D eigenvalue weighted by Gasteiger charge is 2.18. The second-order valence-electron chi connectivity index (χ2n) is 5.66. The fourth-order valence-electron chi connectivity index (χ4n) is 2.91. The summed E-state index contributed by atoms with van der Waals surface area (Å²) in [5, 5.41) is 11.9. The predicted octanol–water partition coefficient (Wildman–Crippen LogP) is 1.84. The summed E-state index contributed by atoms with van der Waals surface area (Å²) in [6.07, 6.45) is 0.313. The zero-order valence-corrected chi connectivity index (χ0v) is 12.4. The third kappa shape index (κ3) is 2.26. The molecule has 0 spiro atoms. The van der Waals surface area contributed by atoms with Gasteiger partial charge in [-0.15, -0.1) is 0 Å². The first-order chi connectivity index (χ1) is 11.5. The molecule has 7 nitrogen and oxygen atoms in total. The van der Waals surface area contributed by atoms with Gasteiger partial charge in [-0.2, -0.15) is 0 Å². The zero-order chi connectivity index (χ0) is 16.8. The number of anilines is 1. The van der Waals surface area contributed by atoms with E-state index >= 15 is 0 Å². The number of nitrogens with one attached hydrogen (secondary N) is 1. The third-order valence-corrected chi connectivity index (χ3v) is 4.05. The predicted molar refractivity (Wildman–Crippen MR) is 85.3 cm³/mol. The number of rotatable bonds is 3. The van der Waals surface area contributed by atoms with Crippen LogP contribution in [0.4, 0.5) is 5.69 Å². The fourth-order valence-corrected chi connectivity index (χ4v) is 2.91. The van der Waals surface area contributed by atoms with E-state index in [1.807, 2.05) is 12.1 Å². The van der Waals surface area contributed by atoms with E-state index in [0.717, 1.165) is 16.8 Å². The second kappa shape index (κ2) is 5.09. The molecule has 0 atom stereocenters. The van der Waals surface area contributed by atoms with E-state index in [0.29, 0.717) is 17.5 Å². The van der Waals surface area contributed by atoms with E-state index in [2.05, 4.69) is 5.32 Å². The van der Waals surface area contributed by atoms with Gasteiger partial charge in [-0.05, 0) is 35.4 Å². The minimum absolute atomic E-state index is 0.0563. The lowest BCUT2D eigenvalue weighted by Crippen LogP contribution is -2.15. The van der Waals surface area contributed by atoms with Crippen LogP contribution in [-0.2, 0) is 17.8 Å². The molecule has 120 valence electrons. The molecule has 4 rings (SSSR count). The molecule has 0 saturated heterocycles. The molecule has 2 N–H and O–H groups in total. The average Bonchev–Trinajstić information content (AvgIpc) is 3.06. The highest BCUT2D eigenvalue weighted by Crippen LogP contribution is 2.25.